The van der Waals surface area contributed by atoms with Gasteiger partial charge in [0.1, 0.15) is 6.04 Å². The molecule has 1 atom stereocenters. The highest BCUT2D eigenvalue weighted by Gasteiger charge is 2.43. The second-order valence-electron chi connectivity index (χ2n) is 5.65. The lowest BCUT2D eigenvalue weighted by molar-refractivity contribution is -0.0183. The second-order valence-corrected chi connectivity index (χ2v) is 7.55. The fraction of sp³-hybridized carbons (Fsp3) is 0.231. The van der Waals surface area contributed by atoms with Gasteiger partial charge < -0.3 is 10.2 Å². The minimum absolute atomic E-state index is 0.155. The number of carbonyl (C=O) groups is 2. The van der Waals surface area contributed by atoms with Gasteiger partial charge in [0.2, 0.25) is 0 Å². The first-order chi connectivity index (χ1) is 12.8. The Morgan fingerprint density at radius 2 is 2.26 bits per heavy atom. The number of nitrogens with zero attached hydrogens (tertiary/aromatic N) is 5. The van der Waals surface area contributed by atoms with Crippen LogP contribution in [0.3, 0.4) is 0 Å². The number of hydrogen-bond donors (Lipinski definition) is 2. The van der Waals surface area contributed by atoms with Gasteiger partial charge in [0, 0.05) is 30.4 Å². The van der Waals surface area contributed by atoms with Crippen LogP contribution in [-0.2, 0) is 14.7 Å². The summed E-state index contributed by atoms with van der Waals surface area (Å²) < 4.78 is 36.4. The first-order valence-corrected chi connectivity index (χ1v) is 9.77. The van der Waals surface area contributed by atoms with Crippen molar-refractivity contribution in [1.82, 2.24) is 24.7 Å². The monoisotopic (exact) mass is 412 g/mol. The summed E-state index contributed by atoms with van der Waals surface area (Å²) in [5.41, 5.74) is 0.579. The van der Waals surface area contributed by atoms with Gasteiger partial charge in [-0.25, -0.2) is 14.5 Å². The van der Waals surface area contributed by atoms with Crippen LogP contribution in [0.4, 0.5) is 10.6 Å². The molecule has 2 aliphatic rings. The lowest BCUT2D eigenvalue weighted by atomic mass is 10.2. The van der Waals surface area contributed by atoms with E-state index >= 15 is 0 Å². The Morgan fingerprint density at radius 3 is 2.96 bits per heavy atom. The molecule has 1 fully saturated rings. The largest absolute Gasteiger partial charge is 0.418 e. The molecule has 0 aromatic carbocycles. The molecule has 2 aromatic rings. The molecule has 0 spiro atoms. The summed E-state index contributed by atoms with van der Waals surface area (Å²) in [6.07, 6.45) is 4.71. The maximum Gasteiger partial charge on any atom is 0.418 e. The number of amides is 3. The molecular formula is C13H12N6O6S2. The Balaban J connectivity index is 1.51. The maximum atomic E-state index is 12.1. The topological polar surface area (TPSA) is 147 Å². The molecule has 12 nitrogen and oxygen atoms in total. The molecule has 0 radical (unpaired) electrons. The third-order valence-corrected chi connectivity index (χ3v) is 4.95. The number of nitrogens with one attached hydrogen (secondary N) is 1. The van der Waals surface area contributed by atoms with E-state index in [2.05, 4.69) is 19.7 Å². The molecule has 2 aliphatic heterocycles. The summed E-state index contributed by atoms with van der Waals surface area (Å²) in [4.78, 5) is 29.4. The number of rotatable bonds is 5. The van der Waals surface area contributed by atoms with E-state index in [9.17, 15) is 18.0 Å². The molecule has 2 bridgehead atoms. The number of fused-ring (bicyclic) bond motifs is 2. The summed E-state index contributed by atoms with van der Waals surface area (Å²) in [5.74, 6) is -0.0963. The van der Waals surface area contributed by atoms with Crippen LogP contribution in [0.5, 0.6) is 0 Å². The van der Waals surface area contributed by atoms with E-state index in [4.69, 9.17) is 4.55 Å². The first-order valence-electron chi connectivity index (χ1n) is 7.53. The van der Waals surface area contributed by atoms with Crippen molar-refractivity contribution in [3.63, 3.8) is 0 Å². The van der Waals surface area contributed by atoms with Gasteiger partial charge in [0.05, 0.1) is 12.2 Å². The highest BCUT2D eigenvalue weighted by molar-refractivity contribution is 7.80. The van der Waals surface area contributed by atoms with Gasteiger partial charge in [-0.2, -0.15) is 18.6 Å². The zero-order valence-corrected chi connectivity index (χ0v) is 15.1. The van der Waals surface area contributed by atoms with E-state index in [1.165, 1.54) is 27.1 Å². The molecule has 4 heterocycles. The Kier molecular flexibility index (Phi) is 4.18. The second kappa shape index (κ2) is 6.41. The van der Waals surface area contributed by atoms with Gasteiger partial charge in [0.15, 0.2) is 10.8 Å². The molecule has 1 saturated heterocycles. The molecule has 2 aromatic heterocycles. The maximum absolute atomic E-state index is 12.1. The average molecular weight is 412 g/mol. The Bertz CT molecular complexity index is 1030. The third-order valence-electron chi connectivity index (χ3n) is 3.83. The standard InChI is InChI=1S/C13H12N6O6S2/c20-11(12-14-2-4-26-12)15-10-1-3-18(16-10)8-5-9-7-17(6-8)13(21)19(9)25-27(22,23)24/h1-5,9H,6-7H2,(H,15,16,20)(H,22,23,24). The molecule has 4 rings (SSSR count). The predicted octanol–water partition coefficient (Wildman–Crippen LogP) is 0.287. The van der Waals surface area contributed by atoms with Crippen LogP contribution >= 0.6 is 11.3 Å². The Labute approximate surface area is 156 Å². The fourth-order valence-electron chi connectivity index (χ4n) is 2.78. The minimum Gasteiger partial charge on any atom is -0.314 e. The summed E-state index contributed by atoms with van der Waals surface area (Å²) in [5, 5.41) is 9.42. The van der Waals surface area contributed by atoms with Crippen LogP contribution in [0.25, 0.3) is 5.70 Å². The van der Waals surface area contributed by atoms with Crippen LogP contribution < -0.4 is 5.32 Å². The molecule has 3 amide bonds. The van der Waals surface area contributed by atoms with Crippen molar-refractivity contribution >= 4 is 45.2 Å². The molecule has 1 unspecified atom stereocenters. The fourth-order valence-corrected chi connectivity index (χ4v) is 3.68. The van der Waals surface area contributed by atoms with E-state index in [1.54, 1.807) is 23.7 Å². The molecule has 27 heavy (non-hydrogen) atoms. The summed E-state index contributed by atoms with van der Waals surface area (Å²) >= 11 is 1.20. The van der Waals surface area contributed by atoms with Crippen molar-refractivity contribution in [2.45, 2.75) is 6.04 Å². The summed E-state index contributed by atoms with van der Waals surface area (Å²) in [6, 6.07) is 0.181. The van der Waals surface area contributed by atoms with E-state index in [-0.39, 0.29) is 19.0 Å². The van der Waals surface area contributed by atoms with Gasteiger partial charge >= 0.3 is 16.4 Å². The first kappa shape index (κ1) is 17.6. The molecule has 14 heteroatoms. The summed E-state index contributed by atoms with van der Waals surface area (Å²) in [7, 11) is -4.82. The lowest BCUT2D eigenvalue weighted by Gasteiger charge is -2.20. The molecule has 0 aliphatic carbocycles. The van der Waals surface area contributed by atoms with Crippen molar-refractivity contribution in [1.29, 1.82) is 0 Å². The number of aromatic nitrogens is 3. The van der Waals surface area contributed by atoms with Crippen LogP contribution in [0, 0.1) is 0 Å². The smallest absolute Gasteiger partial charge is 0.314 e. The van der Waals surface area contributed by atoms with Crippen molar-refractivity contribution < 1.29 is 26.8 Å². The normalized spacial score (nSPS) is 19.4. The van der Waals surface area contributed by atoms with Gasteiger partial charge in [-0.05, 0) is 6.08 Å². The number of anilines is 1. The van der Waals surface area contributed by atoms with Gasteiger partial charge in [-0.15, -0.1) is 15.6 Å². The van der Waals surface area contributed by atoms with E-state index in [0.717, 1.165) is 0 Å². The zero-order chi connectivity index (χ0) is 19.2. The van der Waals surface area contributed by atoms with Crippen molar-refractivity contribution in [2.75, 3.05) is 18.4 Å². The molecule has 0 saturated carbocycles. The average Bonchev–Trinajstić information content (AvgIpc) is 3.32. The highest BCUT2D eigenvalue weighted by Crippen LogP contribution is 2.27. The SMILES string of the molecule is O=C(Nc1ccn(C2=CC3CN(C2)C(=O)N3OS(=O)(=O)O)n1)c1nccs1. The molecule has 142 valence electrons. The van der Waals surface area contributed by atoms with Crippen LogP contribution in [0.1, 0.15) is 9.80 Å². The number of carbonyl (C=O) groups excluding carboxylic acids is 2. The molecule has 2 N–H and O–H groups in total. The van der Waals surface area contributed by atoms with E-state index in [1.807, 2.05) is 0 Å². The highest BCUT2D eigenvalue weighted by atomic mass is 32.3. The minimum atomic E-state index is -4.82. The van der Waals surface area contributed by atoms with Gasteiger partial charge in [0.25, 0.3) is 5.91 Å². The number of urea groups is 1. The van der Waals surface area contributed by atoms with Crippen molar-refractivity contribution in [2.24, 2.45) is 0 Å². The Morgan fingerprint density at radius 1 is 1.44 bits per heavy atom. The predicted molar refractivity (Wildman–Crippen MR) is 91.8 cm³/mol. The lowest BCUT2D eigenvalue weighted by Crippen LogP contribution is -2.35. The molecular weight excluding hydrogens is 400 g/mol. The number of hydrogen-bond acceptors (Lipinski definition) is 8. The van der Waals surface area contributed by atoms with Gasteiger partial charge in [-0.1, -0.05) is 0 Å². The Hall–Kier alpha value is -2.81. The third kappa shape index (κ3) is 3.55. The van der Waals surface area contributed by atoms with Crippen LogP contribution in [-0.4, -0.2) is 68.8 Å². The van der Waals surface area contributed by atoms with Crippen LogP contribution in [0.2, 0.25) is 0 Å². The van der Waals surface area contributed by atoms with E-state index in [0.29, 0.717) is 21.6 Å². The van der Waals surface area contributed by atoms with Crippen molar-refractivity contribution in [3.05, 3.63) is 34.9 Å². The zero-order valence-electron chi connectivity index (χ0n) is 13.4. The summed E-state index contributed by atoms with van der Waals surface area (Å²) in [6.45, 7) is 0.370. The van der Waals surface area contributed by atoms with Gasteiger partial charge in [-0.3, -0.25) is 9.35 Å². The van der Waals surface area contributed by atoms with Crippen LogP contribution in [0.15, 0.2) is 29.9 Å². The number of thiazole rings is 1. The number of hydroxylamine groups is 2. The van der Waals surface area contributed by atoms with E-state index < -0.39 is 22.5 Å². The quantitative estimate of drug-likeness (QED) is 0.666. The van der Waals surface area contributed by atoms with Crippen molar-refractivity contribution in [3.8, 4) is 0 Å².